The molecule has 1 atom stereocenters. The van der Waals surface area contributed by atoms with Gasteiger partial charge in [0.2, 0.25) is 0 Å². The van der Waals surface area contributed by atoms with Crippen molar-refractivity contribution in [1.82, 2.24) is 10.2 Å². The molecule has 0 bridgehead atoms. The lowest BCUT2D eigenvalue weighted by Crippen LogP contribution is -2.55. The molecule has 0 saturated carbocycles. The molecule has 0 aliphatic carbocycles. The van der Waals surface area contributed by atoms with Gasteiger partial charge in [-0.15, -0.1) is 0 Å². The van der Waals surface area contributed by atoms with E-state index in [1.807, 2.05) is 20.8 Å². The minimum atomic E-state index is -0.902. The number of carbonyl (C=O) groups is 2. The maximum Gasteiger partial charge on any atom is 0.407 e. The minimum absolute atomic E-state index is 0.0186. The predicted molar refractivity (Wildman–Crippen MR) is 61.9 cm³/mol. The van der Waals surface area contributed by atoms with Crippen LogP contribution in [0.4, 0.5) is 4.79 Å². The Morgan fingerprint density at radius 1 is 1.47 bits per heavy atom. The molecule has 98 valence electrons. The smallest absolute Gasteiger partial charge is 0.407 e. The Morgan fingerprint density at radius 2 is 2.12 bits per heavy atom. The average Bonchev–Trinajstić information content (AvgIpc) is 2.06. The van der Waals surface area contributed by atoms with Crippen LogP contribution in [0.2, 0.25) is 0 Å². The van der Waals surface area contributed by atoms with Crippen molar-refractivity contribution in [2.24, 2.45) is 0 Å². The molecule has 1 aliphatic heterocycles. The van der Waals surface area contributed by atoms with Crippen molar-refractivity contribution in [2.45, 2.75) is 38.8 Å². The molecule has 0 aromatic heterocycles. The summed E-state index contributed by atoms with van der Waals surface area (Å²) in [6, 6.07) is -0.0186. The number of hydrogen-bond donors (Lipinski definition) is 2. The summed E-state index contributed by atoms with van der Waals surface area (Å²) in [5.74, 6) is -0.321. The Kier molecular flexibility index (Phi) is 4.34. The van der Waals surface area contributed by atoms with Crippen molar-refractivity contribution in [3.63, 3.8) is 0 Å². The number of carboxylic acid groups (broad SMARTS) is 1. The highest BCUT2D eigenvalue weighted by molar-refractivity contribution is 5.72. The number of ether oxygens (including phenoxy) is 1. The second-order valence-electron chi connectivity index (χ2n) is 5.14. The second kappa shape index (κ2) is 5.35. The first-order valence-corrected chi connectivity index (χ1v) is 5.72. The van der Waals surface area contributed by atoms with E-state index in [1.165, 1.54) is 4.90 Å². The van der Waals surface area contributed by atoms with Gasteiger partial charge in [0, 0.05) is 19.1 Å². The Morgan fingerprint density at radius 3 is 2.53 bits per heavy atom. The number of amides is 1. The fourth-order valence-electron chi connectivity index (χ4n) is 1.62. The molecule has 0 unspecified atom stereocenters. The van der Waals surface area contributed by atoms with Gasteiger partial charge >= 0.3 is 12.1 Å². The van der Waals surface area contributed by atoms with Gasteiger partial charge in [-0.3, -0.25) is 4.79 Å². The highest BCUT2D eigenvalue weighted by atomic mass is 16.6. The van der Waals surface area contributed by atoms with Gasteiger partial charge in [-0.1, -0.05) is 0 Å². The normalized spacial score (nSPS) is 19.7. The number of hydrogen-bond acceptors (Lipinski definition) is 4. The Bertz CT molecular complexity index is 298. The number of esters is 1. The van der Waals surface area contributed by atoms with Crippen molar-refractivity contribution in [1.29, 1.82) is 0 Å². The van der Waals surface area contributed by atoms with Crippen LogP contribution in [0.15, 0.2) is 0 Å². The first-order valence-electron chi connectivity index (χ1n) is 5.72. The second-order valence-corrected chi connectivity index (χ2v) is 5.14. The van der Waals surface area contributed by atoms with Crippen LogP contribution in [0.5, 0.6) is 0 Å². The minimum Gasteiger partial charge on any atom is -0.465 e. The number of rotatable bonds is 4. The largest absolute Gasteiger partial charge is 0.465 e. The standard InChI is InChI=1S/C11H20N2O4/c1-11(2,3)17-9(14)7-12-6-8-4-5-13(8)10(15)16/h8,12H,4-7H2,1-3H3,(H,15,16)/t8-/m1/s1. The molecule has 17 heavy (non-hydrogen) atoms. The number of nitrogens with one attached hydrogen (secondary N) is 1. The van der Waals surface area contributed by atoms with E-state index in [4.69, 9.17) is 9.84 Å². The van der Waals surface area contributed by atoms with Crippen molar-refractivity contribution in [2.75, 3.05) is 19.6 Å². The average molecular weight is 244 g/mol. The molecule has 2 N–H and O–H groups in total. The number of carbonyl (C=O) groups excluding carboxylic acids is 1. The van der Waals surface area contributed by atoms with Gasteiger partial charge in [0.05, 0.1) is 6.54 Å². The van der Waals surface area contributed by atoms with Gasteiger partial charge in [0.1, 0.15) is 5.60 Å². The maximum atomic E-state index is 11.3. The fraction of sp³-hybridized carbons (Fsp3) is 0.818. The predicted octanol–water partition coefficient (Wildman–Crippen LogP) is 0.670. The molecule has 1 saturated heterocycles. The third-order valence-corrected chi connectivity index (χ3v) is 2.46. The van der Waals surface area contributed by atoms with E-state index in [9.17, 15) is 9.59 Å². The molecule has 0 aromatic carbocycles. The van der Waals surface area contributed by atoms with E-state index >= 15 is 0 Å². The summed E-state index contributed by atoms with van der Waals surface area (Å²) in [5.41, 5.74) is -0.484. The summed E-state index contributed by atoms with van der Waals surface area (Å²) >= 11 is 0. The first-order chi connectivity index (χ1) is 7.79. The van der Waals surface area contributed by atoms with E-state index in [2.05, 4.69) is 5.32 Å². The van der Waals surface area contributed by atoms with Crippen LogP contribution in [-0.4, -0.2) is 53.3 Å². The summed E-state index contributed by atoms with van der Waals surface area (Å²) in [6.45, 7) is 6.61. The third-order valence-electron chi connectivity index (χ3n) is 2.46. The summed E-state index contributed by atoms with van der Waals surface area (Å²) < 4.78 is 5.11. The SMILES string of the molecule is CC(C)(C)OC(=O)CNC[C@H]1CCN1C(=O)O. The lowest BCUT2D eigenvalue weighted by Gasteiger charge is -2.38. The Labute approximate surface area is 101 Å². The molecule has 6 heteroatoms. The molecule has 1 amide bonds. The van der Waals surface area contributed by atoms with E-state index in [1.54, 1.807) is 0 Å². The monoisotopic (exact) mass is 244 g/mol. The summed E-state index contributed by atoms with van der Waals surface area (Å²) in [7, 11) is 0. The van der Waals surface area contributed by atoms with Crippen LogP contribution in [0.1, 0.15) is 27.2 Å². The van der Waals surface area contributed by atoms with Crippen LogP contribution < -0.4 is 5.32 Å². The highest BCUT2D eigenvalue weighted by Crippen LogP contribution is 2.16. The molecule has 1 aliphatic rings. The van der Waals surface area contributed by atoms with Gasteiger partial charge in [-0.25, -0.2) is 4.79 Å². The Balaban J connectivity index is 2.16. The van der Waals surface area contributed by atoms with Gasteiger partial charge in [-0.05, 0) is 27.2 Å². The van der Waals surface area contributed by atoms with Gasteiger partial charge in [0.15, 0.2) is 0 Å². The van der Waals surface area contributed by atoms with E-state index < -0.39 is 11.7 Å². The lowest BCUT2D eigenvalue weighted by atomic mass is 10.0. The van der Waals surface area contributed by atoms with Gasteiger partial charge in [-0.2, -0.15) is 0 Å². The zero-order valence-corrected chi connectivity index (χ0v) is 10.5. The van der Waals surface area contributed by atoms with Crippen LogP contribution in [0, 0.1) is 0 Å². The molecule has 1 heterocycles. The van der Waals surface area contributed by atoms with Gasteiger partial charge in [0.25, 0.3) is 0 Å². The molecular weight excluding hydrogens is 224 g/mol. The van der Waals surface area contributed by atoms with Crippen LogP contribution in [-0.2, 0) is 9.53 Å². The van der Waals surface area contributed by atoms with Crippen molar-refractivity contribution < 1.29 is 19.4 Å². The topological polar surface area (TPSA) is 78.9 Å². The summed E-state index contributed by atoms with van der Waals surface area (Å²) in [6.07, 6.45) is -0.0616. The Hall–Kier alpha value is -1.30. The molecule has 1 rings (SSSR count). The first kappa shape index (κ1) is 13.8. The van der Waals surface area contributed by atoms with E-state index in [-0.39, 0.29) is 18.6 Å². The molecule has 6 nitrogen and oxygen atoms in total. The summed E-state index contributed by atoms with van der Waals surface area (Å²) in [4.78, 5) is 23.4. The maximum absolute atomic E-state index is 11.3. The summed E-state index contributed by atoms with van der Waals surface area (Å²) in [5, 5.41) is 11.7. The van der Waals surface area contributed by atoms with Crippen molar-refractivity contribution >= 4 is 12.1 Å². The zero-order valence-electron chi connectivity index (χ0n) is 10.5. The lowest BCUT2D eigenvalue weighted by molar-refractivity contribution is -0.153. The molecule has 1 fully saturated rings. The number of nitrogens with zero attached hydrogens (tertiary/aromatic N) is 1. The van der Waals surface area contributed by atoms with Crippen LogP contribution in [0.3, 0.4) is 0 Å². The van der Waals surface area contributed by atoms with Crippen molar-refractivity contribution in [3.05, 3.63) is 0 Å². The molecule has 0 aromatic rings. The zero-order chi connectivity index (χ0) is 13.1. The van der Waals surface area contributed by atoms with Crippen LogP contribution in [0.25, 0.3) is 0 Å². The number of likely N-dealkylation sites (tertiary alicyclic amines) is 1. The fourth-order valence-corrected chi connectivity index (χ4v) is 1.62. The molecular formula is C11H20N2O4. The van der Waals surface area contributed by atoms with Gasteiger partial charge < -0.3 is 20.1 Å². The van der Waals surface area contributed by atoms with Crippen LogP contribution >= 0.6 is 0 Å². The van der Waals surface area contributed by atoms with E-state index in [0.717, 1.165) is 6.42 Å². The quantitative estimate of drug-likeness (QED) is 0.711. The molecule has 0 radical (unpaired) electrons. The third kappa shape index (κ3) is 4.60. The molecule has 0 spiro atoms. The van der Waals surface area contributed by atoms with E-state index in [0.29, 0.717) is 13.1 Å². The van der Waals surface area contributed by atoms with Crippen molar-refractivity contribution in [3.8, 4) is 0 Å². The highest BCUT2D eigenvalue weighted by Gasteiger charge is 2.31.